The molecule has 0 saturated carbocycles. The van der Waals surface area contributed by atoms with Gasteiger partial charge in [-0.3, -0.25) is 14.5 Å². The van der Waals surface area contributed by atoms with Gasteiger partial charge in [-0.25, -0.2) is 0 Å². The molecule has 2 amide bonds. The molecule has 0 aliphatic carbocycles. The van der Waals surface area contributed by atoms with Crippen molar-refractivity contribution >= 4 is 17.5 Å². The minimum absolute atomic E-state index is 0.0372. The fourth-order valence-corrected chi connectivity index (χ4v) is 4.23. The van der Waals surface area contributed by atoms with E-state index in [4.69, 9.17) is 4.74 Å². The van der Waals surface area contributed by atoms with Gasteiger partial charge in [-0.2, -0.15) is 0 Å². The number of nitrogens with zero attached hydrogens (tertiary/aromatic N) is 2. The third-order valence-electron chi connectivity index (χ3n) is 5.79. The number of likely N-dealkylation sites (tertiary alicyclic amines) is 2. The lowest BCUT2D eigenvalue weighted by Crippen LogP contribution is -2.53. The summed E-state index contributed by atoms with van der Waals surface area (Å²) >= 11 is 0. The van der Waals surface area contributed by atoms with Gasteiger partial charge in [0.15, 0.2) is 0 Å². The van der Waals surface area contributed by atoms with Crippen molar-refractivity contribution in [3.63, 3.8) is 0 Å². The van der Waals surface area contributed by atoms with Crippen molar-refractivity contribution in [3.05, 3.63) is 24.3 Å². The van der Waals surface area contributed by atoms with Gasteiger partial charge in [0.05, 0.1) is 13.2 Å². The van der Waals surface area contributed by atoms with Crippen LogP contribution in [0, 0.1) is 0 Å². The maximum absolute atomic E-state index is 12.8. The van der Waals surface area contributed by atoms with E-state index in [1.165, 1.54) is 0 Å². The third kappa shape index (κ3) is 4.80. The van der Waals surface area contributed by atoms with E-state index >= 15 is 0 Å². The Morgan fingerprint density at radius 2 is 1.89 bits per heavy atom. The molecule has 1 aromatic carbocycles. The minimum Gasteiger partial charge on any atom is -0.497 e. The van der Waals surface area contributed by atoms with E-state index in [0.29, 0.717) is 18.4 Å². The van der Waals surface area contributed by atoms with Gasteiger partial charge in [0, 0.05) is 37.8 Å². The van der Waals surface area contributed by atoms with Crippen LogP contribution in [-0.4, -0.2) is 60.4 Å². The second-order valence-electron chi connectivity index (χ2n) is 7.45. The highest BCUT2D eigenvalue weighted by atomic mass is 16.5. The molecular formula is C21H31N3O3. The van der Waals surface area contributed by atoms with Crippen molar-refractivity contribution in [1.29, 1.82) is 0 Å². The number of hydrogen-bond donors (Lipinski definition) is 1. The number of carbonyl (C=O) groups excluding carboxylic acids is 2. The fraction of sp³-hybridized carbons (Fsp3) is 0.619. The summed E-state index contributed by atoms with van der Waals surface area (Å²) in [7, 11) is 1.63. The molecule has 27 heavy (non-hydrogen) atoms. The largest absolute Gasteiger partial charge is 0.497 e. The number of anilines is 1. The standard InChI is InChI=1S/C21H31N3O3/c1-3-19(21(26)22-16-7-9-18(27-2)10-8-16)23-14-11-17(12-15-23)24-13-5-4-6-20(24)25/h7-10,17,19H,3-6,11-15H2,1-2H3,(H,22,26). The molecule has 2 fully saturated rings. The molecule has 2 saturated heterocycles. The summed E-state index contributed by atoms with van der Waals surface area (Å²) in [5.74, 6) is 1.12. The van der Waals surface area contributed by atoms with Crippen LogP contribution in [-0.2, 0) is 9.59 Å². The number of carbonyl (C=O) groups is 2. The van der Waals surface area contributed by atoms with Crippen LogP contribution >= 0.6 is 0 Å². The summed E-state index contributed by atoms with van der Waals surface area (Å²) < 4.78 is 5.16. The maximum Gasteiger partial charge on any atom is 0.241 e. The van der Waals surface area contributed by atoms with Crippen LogP contribution in [0.5, 0.6) is 5.75 Å². The van der Waals surface area contributed by atoms with Crippen LogP contribution in [0.2, 0.25) is 0 Å². The quantitative estimate of drug-likeness (QED) is 0.833. The summed E-state index contributed by atoms with van der Waals surface area (Å²) in [6.45, 7) is 4.68. The maximum atomic E-state index is 12.8. The number of rotatable bonds is 6. The first kappa shape index (κ1) is 19.7. The molecule has 2 aliphatic heterocycles. The van der Waals surface area contributed by atoms with Crippen LogP contribution in [0.3, 0.4) is 0 Å². The average Bonchev–Trinajstić information content (AvgIpc) is 2.70. The highest BCUT2D eigenvalue weighted by molar-refractivity contribution is 5.94. The first-order chi connectivity index (χ1) is 13.1. The molecule has 2 aliphatic rings. The Morgan fingerprint density at radius 1 is 1.19 bits per heavy atom. The molecule has 2 heterocycles. The molecule has 0 spiro atoms. The molecule has 3 rings (SSSR count). The van der Waals surface area contributed by atoms with E-state index in [-0.39, 0.29) is 11.9 Å². The van der Waals surface area contributed by atoms with Gasteiger partial charge in [0.2, 0.25) is 11.8 Å². The van der Waals surface area contributed by atoms with Crippen molar-refractivity contribution in [2.24, 2.45) is 0 Å². The lowest BCUT2D eigenvalue weighted by atomic mass is 9.97. The second-order valence-corrected chi connectivity index (χ2v) is 7.45. The normalized spacial score (nSPS) is 20.4. The fourth-order valence-electron chi connectivity index (χ4n) is 4.23. The molecule has 6 nitrogen and oxygen atoms in total. The molecule has 148 valence electrons. The predicted octanol–water partition coefficient (Wildman–Crippen LogP) is 2.89. The second kappa shape index (κ2) is 9.22. The Morgan fingerprint density at radius 3 is 2.48 bits per heavy atom. The summed E-state index contributed by atoms with van der Waals surface area (Å²) in [6, 6.07) is 7.62. The summed E-state index contributed by atoms with van der Waals surface area (Å²) in [4.78, 5) is 29.3. The van der Waals surface area contributed by atoms with Gasteiger partial charge in [-0.05, 0) is 56.4 Å². The molecule has 0 bridgehead atoms. The van der Waals surface area contributed by atoms with Crippen LogP contribution in [0.15, 0.2) is 24.3 Å². The Bertz CT molecular complexity index is 639. The summed E-state index contributed by atoms with van der Waals surface area (Å²) in [5.41, 5.74) is 0.785. The zero-order valence-electron chi connectivity index (χ0n) is 16.4. The minimum atomic E-state index is -0.134. The highest BCUT2D eigenvalue weighted by Gasteiger charge is 2.33. The molecule has 1 N–H and O–H groups in total. The molecule has 6 heteroatoms. The molecule has 0 aromatic heterocycles. The van der Waals surface area contributed by atoms with Gasteiger partial charge in [0.1, 0.15) is 5.75 Å². The van der Waals surface area contributed by atoms with Crippen molar-refractivity contribution in [2.75, 3.05) is 32.1 Å². The topological polar surface area (TPSA) is 61.9 Å². The van der Waals surface area contributed by atoms with Gasteiger partial charge in [0.25, 0.3) is 0 Å². The van der Waals surface area contributed by atoms with Gasteiger partial charge in [-0.15, -0.1) is 0 Å². The van der Waals surface area contributed by atoms with E-state index in [9.17, 15) is 9.59 Å². The van der Waals surface area contributed by atoms with Gasteiger partial charge < -0.3 is 15.0 Å². The molecular weight excluding hydrogens is 342 g/mol. The van der Waals surface area contributed by atoms with Crippen LogP contribution < -0.4 is 10.1 Å². The Labute approximate surface area is 161 Å². The molecule has 0 radical (unpaired) electrons. The lowest BCUT2D eigenvalue weighted by Gasteiger charge is -2.42. The van der Waals surface area contributed by atoms with E-state index in [0.717, 1.165) is 63.2 Å². The smallest absolute Gasteiger partial charge is 0.241 e. The van der Waals surface area contributed by atoms with Gasteiger partial charge in [-0.1, -0.05) is 6.92 Å². The lowest BCUT2D eigenvalue weighted by molar-refractivity contribution is -0.137. The van der Waals surface area contributed by atoms with E-state index in [1.807, 2.05) is 24.3 Å². The Balaban J connectivity index is 1.54. The predicted molar refractivity (Wildman–Crippen MR) is 106 cm³/mol. The van der Waals surface area contributed by atoms with Crippen LogP contribution in [0.4, 0.5) is 5.69 Å². The summed E-state index contributed by atoms with van der Waals surface area (Å²) in [5, 5.41) is 3.02. The first-order valence-corrected chi connectivity index (χ1v) is 10.1. The number of methoxy groups -OCH3 is 1. The highest BCUT2D eigenvalue weighted by Crippen LogP contribution is 2.24. The zero-order chi connectivity index (χ0) is 19.2. The zero-order valence-corrected chi connectivity index (χ0v) is 16.4. The van der Waals surface area contributed by atoms with Crippen molar-refractivity contribution in [3.8, 4) is 5.75 Å². The Kier molecular flexibility index (Phi) is 6.72. The van der Waals surface area contributed by atoms with E-state index < -0.39 is 0 Å². The third-order valence-corrected chi connectivity index (χ3v) is 5.79. The Hall–Kier alpha value is -2.08. The first-order valence-electron chi connectivity index (χ1n) is 10.1. The van der Waals surface area contributed by atoms with E-state index in [2.05, 4.69) is 22.0 Å². The SMILES string of the molecule is CCC(C(=O)Nc1ccc(OC)cc1)N1CCC(N2CCCCC2=O)CC1. The monoisotopic (exact) mass is 373 g/mol. The number of nitrogens with one attached hydrogen (secondary N) is 1. The molecule has 1 unspecified atom stereocenters. The number of amides is 2. The molecule has 1 aromatic rings. The van der Waals surface area contributed by atoms with Crippen molar-refractivity contribution in [1.82, 2.24) is 9.80 Å². The van der Waals surface area contributed by atoms with Crippen molar-refractivity contribution < 1.29 is 14.3 Å². The number of hydrogen-bond acceptors (Lipinski definition) is 4. The van der Waals surface area contributed by atoms with Crippen LogP contribution in [0.25, 0.3) is 0 Å². The van der Waals surface area contributed by atoms with Gasteiger partial charge >= 0.3 is 0 Å². The summed E-state index contributed by atoms with van der Waals surface area (Å²) in [6.07, 6.45) is 5.53. The van der Waals surface area contributed by atoms with Crippen molar-refractivity contribution in [2.45, 2.75) is 57.5 Å². The number of benzene rings is 1. The number of ether oxygens (including phenoxy) is 1. The molecule has 1 atom stereocenters. The number of piperidine rings is 2. The van der Waals surface area contributed by atoms with Crippen LogP contribution in [0.1, 0.15) is 45.4 Å². The average molecular weight is 373 g/mol. The van der Waals surface area contributed by atoms with E-state index in [1.54, 1.807) is 7.11 Å².